The molecule has 2 saturated carbocycles. The van der Waals surface area contributed by atoms with Gasteiger partial charge < -0.3 is 5.32 Å². The van der Waals surface area contributed by atoms with Crippen molar-refractivity contribution in [3.05, 3.63) is 30.1 Å². The van der Waals surface area contributed by atoms with Gasteiger partial charge in [-0.15, -0.1) is 0 Å². The zero-order valence-corrected chi connectivity index (χ0v) is 9.29. The SMILES string of the molecule is CNCC1(c2cccnc2)CC2(CC2)C1. The fourth-order valence-electron chi connectivity index (χ4n) is 3.36. The summed E-state index contributed by atoms with van der Waals surface area (Å²) < 4.78 is 0. The van der Waals surface area contributed by atoms with Crippen molar-refractivity contribution < 1.29 is 0 Å². The molecule has 2 heteroatoms. The second kappa shape index (κ2) is 3.05. The average Bonchev–Trinajstić information content (AvgIpc) is 2.99. The van der Waals surface area contributed by atoms with Crippen LogP contribution in [0.5, 0.6) is 0 Å². The molecule has 2 nitrogen and oxygen atoms in total. The van der Waals surface area contributed by atoms with Gasteiger partial charge in [0.05, 0.1) is 0 Å². The maximum absolute atomic E-state index is 4.26. The molecular weight excluding hydrogens is 184 g/mol. The molecule has 0 atom stereocenters. The molecule has 2 aliphatic rings. The van der Waals surface area contributed by atoms with Crippen LogP contribution in [0.2, 0.25) is 0 Å². The van der Waals surface area contributed by atoms with E-state index in [9.17, 15) is 0 Å². The maximum atomic E-state index is 4.26. The summed E-state index contributed by atoms with van der Waals surface area (Å²) in [6.45, 7) is 1.10. The van der Waals surface area contributed by atoms with Crippen LogP contribution < -0.4 is 5.32 Å². The Balaban J connectivity index is 1.86. The molecule has 0 bridgehead atoms. The van der Waals surface area contributed by atoms with Crippen molar-refractivity contribution in [2.24, 2.45) is 5.41 Å². The first-order chi connectivity index (χ1) is 7.29. The second-order valence-corrected chi connectivity index (χ2v) is 5.41. The minimum atomic E-state index is 0.388. The summed E-state index contributed by atoms with van der Waals surface area (Å²) in [7, 11) is 2.05. The molecule has 0 unspecified atom stereocenters. The van der Waals surface area contributed by atoms with E-state index in [-0.39, 0.29) is 0 Å². The summed E-state index contributed by atoms with van der Waals surface area (Å²) >= 11 is 0. The highest BCUT2D eigenvalue weighted by atomic mass is 14.9. The van der Waals surface area contributed by atoms with Crippen LogP contribution in [0.25, 0.3) is 0 Å². The maximum Gasteiger partial charge on any atom is 0.0306 e. The Kier molecular flexibility index (Phi) is 1.90. The Bertz CT molecular complexity index is 346. The van der Waals surface area contributed by atoms with Gasteiger partial charge in [0.2, 0.25) is 0 Å². The fourth-order valence-corrected chi connectivity index (χ4v) is 3.36. The van der Waals surface area contributed by atoms with Gasteiger partial charge in [-0.3, -0.25) is 4.98 Å². The summed E-state index contributed by atoms with van der Waals surface area (Å²) in [4.78, 5) is 4.26. The lowest BCUT2D eigenvalue weighted by atomic mass is 9.56. The molecule has 0 aliphatic heterocycles. The highest BCUT2D eigenvalue weighted by Crippen LogP contribution is 2.68. The van der Waals surface area contributed by atoms with Gasteiger partial charge in [0, 0.05) is 24.4 Å². The van der Waals surface area contributed by atoms with Crippen LogP contribution in [-0.2, 0) is 5.41 Å². The Hall–Kier alpha value is -0.890. The van der Waals surface area contributed by atoms with Gasteiger partial charge in [-0.2, -0.15) is 0 Å². The van der Waals surface area contributed by atoms with Gasteiger partial charge in [-0.05, 0) is 49.8 Å². The van der Waals surface area contributed by atoms with E-state index < -0.39 is 0 Å². The largest absolute Gasteiger partial charge is 0.319 e. The average molecular weight is 202 g/mol. The van der Waals surface area contributed by atoms with Gasteiger partial charge in [0.15, 0.2) is 0 Å². The number of aromatic nitrogens is 1. The summed E-state index contributed by atoms with van der Waals surface area (Å²) in [5, 5.41) is 3.35. The molecule has 1 N–H and O–H groups in total. The molecule has 1 spiro atoms. The standard InChI is InChI=1S/C13H18N2/c1-14-10-13(8-12(9-13)4-5-12)11-3-2-6-15-7-11/h2-3,6-7,14H,4-5,8-10H2,1H3. The normalized spacial score (nSPS) is 24.9. The van der Waals surface area contributed by atoms with Crippen molar-refractivity contribution in [1.29, 1.82) is 0 Å². The Morgan fingerprint density at radius 2 is 2.20 bits per heavy atom. The van der Waals surface area contributed by atoms with Crippen molar-refractivity contribution >= 4 is 0 Å². The van der Waals surface area contributed by atoms with E-state index in [2.05, 4.69) is 29.5 Å². The topological polar surface area (TPSA) is 24.9 Å². The Labute approximate surface area is 91.1 Å². The smallest absolute Gasteiger partial charge is 0.0306 e. The molecule has 1 aromatic heterocycles. The van der Waals surface area contributed by atoms with Crippen LogP contribution in [0.3, 0.4) is 0 Å². The Morgan fingerprint density at radius 1 is 1.40 bits per heavy atom. The summed E-state index contributed by atoms with van der Waals surface area (Å²) in [5.74, 6) is 0. The van der Waals surface area contributed by atoms with Crippen molar-refractivity contribution in [3.63, 3.8) is 0 Å². The lowest BCUT2D eigenvalue weighted by molar-refractivity contribution is 0.118. The van der Waals surface area contributed by atoms with Crippen LogP contribution in [0.1, 0.15) is 31.2 Å². The highest BCUT2D eigenvalue weighted by Gasteiger charge is 2.60. The minimum Gasteiger partial charge on any atom is -0.319 e. The van der Waals surface area contributed by atoms with Crippen LogP contribution in [0.15, 0.2) is 24.5 Å². The third kappa shape index (κ3) is 1.39. The predicted octanol–water partition coefficient (Wildman–Crippen LogP) is 2.11. The third-order valence-electron chi connectivity index (χ3n) is 4.17. The highest BCUT2D eigenvalue weighted by molar-refractivity contribution is 5.31. The first kappa shape index (κ1) is 9.34. The molecule has 2 fully saturated rings. The zero-order chi connectivity index (χ0) is 10.4. The van der Waals surface area contributed by atoms with Crippen molar-refractivity contribution in [3.8, 4) is 0 Å². The van der Waals surface area contributed by atoms with E-state index in [1.54, 1.807) is 0 Å². The molecule has 2 aliphatic carbocycles. The quantitative estimate of drug-likeness (QED) is 0.812. The van der Waals surface area contributed by atoms with Crippen LogP contribution >= 0.6 is 0 Å². The fraction of sp³-hybridized carbons (Fsp3) is 0.615. The predicted molar refractivity (Wildman–Crippen MR) is 60.7 cm³/mol. The van der Waals surface area contributed by atoms with E-state index in [0.29, 0.717) is 5.41 Å². The number of pyridine rings is 1. The summed E-state index contributed by atoms with van der Waals surface area (Å²) in [5.41, 5.74) is 2.56. The first-order valence-corrected chi connectivity index (χ1v) is 5.84. The molecule has 1 aromatic rings. The van der Waals surface area contributed by atoms with Crippen molar-refractivity contribution in [2.45, 2.75) is 31.1 Å². The monoisotopic (exact) mass is 202 g/mol. The van der Waals surface area contributed by atoms with Gasteiger partial charge in [0.25, 0.3) is 0 Å². The number of hydrogen-bond donors (Lipinski definition) is 1. The molecule has 0 radical (unpaired) electrons. The molecule has 0 amide bonds. The van der Waals surface area contributed by atoms with E-state index >= 15 is 0 Å². The zero-order valence-electron chi connectivity index (χ0n) is 9.29. The van der Waals surface area contributed by atoms with Crippen molar-refractivity contribution in [1.82, 2.24) is 10.3 Å². The van der Waals surface area contributed by atoms with Gasteiger partial charge in [-0.25, -0.2) is 0 Å². The molecule has 0 saturated heterocycles. The molecular formula is C13H18N2. The third-order valence-corrected chi connectivity index (χ3v) is 4.17. The molecule has 15 heavy (non-hydrogen) atoms. The summed E-state index contributed by atoms with van der Waals surface area (Å²) in [6.07, 6.45) is 9.56. The number of rotatable bonds is 3. The first-order valence-electron chi connectivity index (χ1n) is 5.84. The van der Waals surface area contributed by atoms with E-state index in [0.717, 1.165) is 12.0 Å². The van der Waals surface area contributed by atoms with E-state index in [1.165, 1.54) is 31.2 Å². The van der Waals surface area contributed by atoms with Gasteiger partial charge >= 0.3 is 0 Å². The number of nitrogens with zero attached hydrogens (tertiary/aromatic N) is 1. The van der Waals surface area contributed by atoms with Crippen LogP contribution in [0.4, 0.5) is 0 Å². The van der Waals surface area contributed by atoms with Gasteiger partial charge in [0.1, 0.15) is 0 Å². The lowest BCUT2D eigenvalue weighted by Crippen LogP contribution is -2.49. The number of likely N-dealkylation sites (N-methyl/N-ethyl adjacent to an activating group) is 1. The lowest BCUT2D eigenvalue weighted by Gasteiger charge is -2.49. The van der Waals surface area contributed by atoms with Crippen molar-refractivity contribution in [2.75, 3.05) is 13.6 Å². The van der Waals surface area contributed by atoms with E-state index in [4.69, 9.17) is 0 Å². The Morgan fingerprint density at radius 3 is 2.73 bits per heavy atom. The molecule has 1 heterocycles. The molecule has 80 valence electrons. The van der Waals surface area contributed by atoms with Gasteiger partial charge in [-0.1, -0.05) is 6.07 Å². The van der Waals surface area contributed by atoms with Crippen LogP contribution in [-0.4, -0.2) is 18.6 Å². The second-order valence-electron chi connectivity index (χ2n) is 5.41. The summed E-state index contributed by atoms with van der Waals surface area (Å²) in [6, 6.07) is 4.30. The van der Waals surface area contributed by atoms with Crippen LogP contribution in [0, 0.1) is 5.41 Å². The van der Waals surface area contributed by atoms with E-state index in [1.807, 2.05) is 12.4 Å². The minimum absolute atomic E-state index is 0.388. The molecule has 3 rings (SSSR count). The molecule has 0 aromatic carbocycles. The number of hydrogen-bond acceptors (Lipinski definition) is 2. The number of nitrogens with one attached hydrogen (secondary N) is 1.